The first-order valence-electron chi connectivity index (χ1n) is 6.84. The molecule has 20 heavy (non-hydrogen) atoms. The normalized spacial score (nSPS) is 14.2. The van der Waals surface area contributed by atoms with E-state index in [4.69, 9.17) is 10.2 Å². The third-order valence-corrected chi connectivity index (χ3v) is 3.64. The van der Waals surface area contributed by atoms with Crippen molar-refractivity contribution in [2.75, 3.05) is 5.73 Å². The van der Waals surface area contributed by atoms with Gasteiger partial charge in [0.05, 0.1) is 11.8 Å². The van der Waals surface area contributed by atoms with Crippen LogP contribution in [0.4, 0.5) is 5.69 Å². The highest BCUT2D eigenvalue weighted by atomic mass is 16.3. The fraction of sp³-hybridized carbons (Fsp3) is 0.312. The van der Waals surface area contributed by atoms with Gasteiger partial charge >= 0.3 is 0 Å². The molecule has 1 aliphatic carbocycles. The zero-order valence-corrected chi connectivity index (χ0v) is 11.5. The summed E-state index contributed by atoms with van der Waals surface area (Å²) in [6.45, 7) is 2.41. The fourth-order valence-corrected chi connectivity index (χ4v) is 2.40. The molecule has 104 valence electrons. The molecule has 1 aromatic carbocycles. The molecule has 1 heterocycles. The molecule has 3 rings (SSSR count). The summed E-state index contributed by atoms with van der Waals surface area (Å²) >= 11 is 0. The molecule has 0 bridgehead atoms. The van der Waals surface area contributed by atoms with Gasteiger partial charge in [0, 0.05) is 18.3 Å². The van der Waals surface area contributed by atoms with Gasteiger partial charge in [-0.1, -0.05) is 12.1 Å². The topological polar surface area (TPSA) is 59.5 Å². The molecule has 0 aliphatic heterocycles. The van der Waals surface area contributed by atoms with Crippen LogP contribution < -0.4 is 5.73 Å². The molecule has 1 saturated carbocycles. The average molecular weight is 270 g/mol. The van der Waals surface area contributed by atoms with Crippen molar-refractivity contribution in [3.63, 3.8) is 0 Å². The van der Waals surface area contributed by atoms with Gasteiger partial charge in [-0.3, -0.25) is 4.79 Å². The highest BCUT2D eigenvalue weighted by Gasteiger charge is 2.34. The van der Waals surface area contributed by atoms with Crippen LogP contribution in [0.3, 0.4) is 0 Å². The standard InChI is InChI=1S/C16H18N2O2/c1-11-15(7-8-20-11)16(19)18(14-5-6-14)10-12-3-2-4-13(17)9-12/h2-4,7-9,14H,5-6,10,17H2,1H3. The van der Waals surface area contributed by atoms with Crippen molar-refractivity contribution in [2.45, 2.75) is 32.4 Å². The van der Waals surface area contributed by atoms with E-state index in [1.54, 1.807) is 12.3 Å². The molecule has 0 unspecified atom stereocenters. The number of amides is 1. The number of aryl methyl sites for hydroxylation is 1. The maximum atomic E-state index is 12.6. The van der Waals surface area contributed by atoms with Gasteiger partial charge < -0.3 is 15.1 Å². The summed E-state index contributed by atoms with van der Waals surface area (Å²) in [5.74, 6) is 0.717. The number of anilines is 1. The van der Waals surface area contributed by atoms with Crippen LogP contribution >= 0.6 is 0 Å². The summed E-state index contributed by atoms with van der Waals surface area (Å²) in [7, 11) is 0. The van der Waals surface area contributed by atoms with Gasteiger partial charge in [-0.25, -0.2) is 0 Å². The van der Waals surface area contributed by atoms with Crippen LogP contribution in [0.15, 0.2) is 41.0 Å². The van der Waals surface area contributed by atoms with Gasteiger partial charge in [-0.05, 0) is 43.5 Å². The summed E-state index contributed by atoms with van der Waals surface area (Å²) in [6.07, 6.45) is 3.71. The summed E-state index contributed by atoms with van der Waals surface area (Å²) in [5, 5.41) is 0. The van der Waals surface area contributed by atoms with Crippen molar-refractivity contribution in [3.8, 4) is 0 Å². The van der Waals surface area contributed by atoms with Crippen LogP contribution in [-0.4, -0.2) is 16.8 Å². The Bertz CT molecular complexity index is 629. The molecule has 2 N–H and O–H groups in total. The second kappa shape index (κ2) is 5.04. The number of carbonyl (C=O) groups is 1. The molecule has 4 nitrogen and oxygen atoms in total. The van der Waals surface area contributed by atoms with Crippen molar-refractivity contribution < 1.29 is 9.21 Å². The van der Waals surface area contributed by atoms with Gasteiger partial charge in [0.2, 0.25) is 0 Å². The predicted octanol–water partition coefficient (Wildman–Crippen LogP) is 2.98. The summed E-state index contributed by atoms with van der Waals surface area (Å²) in [6, 6.07) is 9.78. The van der Waals surface area contributed by atoms with E-state index in [-0.39, 0.29) is 5.91 Å². The Kier molecular flexibility index (Phi) is 3.22. The van der Waals surface area contributed by atoms with E-state index in [9.17, 15) is 4.79 Å². The van der Waals surface area contributed by atoms with E-state index in [2.05, 4.69) is 0 Å². The minimum Gasteiger partial charge on any atom is -0.469 e. The maximum Gasteiger partial charge on any atom is 0.257 e. The molecule has 0 atom stereocenters. The lowest BCUT2D eigenvalue weighted by Crippen LogP contribution is -2.32. The quantitative estimate of drug-likeness (QED) is 0.869. The number of nitrogens with zero attached hydrogens (tertiary/aromatic N) is 1. The van der Waals surface area contributed by atoms with Crippen LogP contribution in [0, 0.1) is 6.92 Å². The summed E-state index contributed by atoms with van der Waals surface area (Å²) in [4.78, 5) is 14.6. The van der Waals surface area contributed by atoms with Crippen molar-refractivity contribution in [2.24, 2.45) is 0 Å². The highest BCUT2D eigenvalue weighted by molar-refractivity contribution is 5.95. The molecule has 1 aliphatic rings. The highest BCUT2D eigenvalue weighted by Crippen LogP contribution is 2.30. The first kappa shape index (κ1) is 12.8. The van der Waals surface area contributed by atoms with E-state index >= 15 is 0 Å². The van der Waals surface area contributed by atoms with Crippen LogP contribution in [0.1, 0.15) is 34.5 Å². The van der Waals surface area contributed by atoms with Crippen LogP contribution in [0.5, 0.6) is 0 Å². The van der Waals surface area contributed by atoms with Crippen molar-refractivity contribution >= 4 is 11.6 Å². The Morgan fingerprint density at radius 3 is 2.80 bits per heavy atom. The molecule has 4 heteroatoms. The zero-order chi connectivity index (χ0) is 14.1. The Labute approximate surface area is 118 Å². The van der Waals surface area contributed by atoms with Crippen LogP contribution in [0.25, 0.3) is 0 Å². The number of nitrogens with two attached hydrogens (primary N) is 1. The molecule has 0 saturated heterocycles. The van der Waals surface area contributed by atoms with Crippen molar-refractivity contribution in [1.82, 2.24) is 4.90 Å². The van der Waals surface area contributed by atoms with Crippen LogP contribution in [-0.2, 0) is 6.54 Å². The lowest BCUT2D eigenvalue weighted by Gasteiger charge is -2.22. The minimum absolute atomic E-state index is 0.0428. The molecule has 1 fully saturated rings. The number of hydrogen-bond acceptors (Lipinski definition) is 3. The smallest absolute Gasteiger partial charge is 0.257 e. The van der Waals surface area contributed by atoms with E-state index in [0.29, 0.717) is 23.9 Å². The van der Waals surface area contributed by atoms with Crippen LogP contribution in [0.2, 0.25) is 0 Å². The van der Waals surface area contributed by atoms with Gasteiger partial charge in [-0.2, -0.15) is 0 Å². The average Bonchev–Trinajstić information content (AvgIpc) is 3.17. The number of hydrogen-bond donors (Lipinski definition) is 1. The Morgan fingerprint density at radius 1 is 1.40 bits per heavy atom. The monoisotopic (exact) mass is 270 g/mol. The number of rotatable bonds is 4. The number of carbonyl (C=O) groups excluding carboxylic acids is 1. The fourth-order valence-electron chi connectivity index (χ4n) is 2.40. The Balaban J connectivity index is 1.83. The summed E-state index contributed by atoms with van der Waals surface area (Å²) < 4.78 is 5.24. The summed E-state index contributed by atoms with van der Waals surface area (Å²) in [5.41, 5.74) is 8.24. The molecule has 0 radical (unpaired) electrons. The first-order chi connectivity index (χ1) is 9.65. The number of benzene rings is 1. The van der Waals surface area contributed by atoms with Gasteiger partial charge in [0.15, 0.2) is 0 Å². The molecular weight excluding hydrogens is 252 g/mol. The lowest BCUT2D eigenvalue weighted by atomic mass is 10.1. The third kappa shape index (κ3) is 2.54. The second-order valence-electron chi connectivity index (χ2n) is 5.30. The van der Waals surface area contributed by atoms with E-state index in [1.165, 1.54) is 0 Å². The van der Waals surface area contributed by atoms with Crippen molar-refractivity contribution in [3.05, 3.63) is 53.5 Å². The molecule has 1 aromatic heterocycles. The largest absolute Gasteiger partial charge is 0.469 e. The van der Waals surface area contributed by atoms with Gasteiger partial charge in [0.1, 0.15) is 5.76 Å². The molecular formula is C16H18N2O2. The van der Waals surface area contributed by atoms with Crippen molar-refractivity contribution in [1.29, 1.82) is 0 Å². The number of nitrogen functional groups attached to an aromatic ring is 1. The predicted molar refractivity (Wildman–Crippen MR) is 77.2 cm³/mol. The third-order valence-electron chi connectivity index (χ3n) is 3.64. The van der Waals surface area contributed by atoms with Gasteiger partial charge in [-0.15, -0.1) is 0 Å². The second-order valence-corrected chi connectivity index (χ2v) is 5.30. The lowest BCUT2D eigenvalue weighted by molar-refractivity contribution is 0.0728. The first-order valence-corrected chi connectivity index (χ1v) is 6.84. The maximum absolute atomic E-state index is 12.6. The molecule has 0 spiro atoms. The Hall–Kier alpha value is -2.23. The SMILES string of the molecule is Cc1occc1C(=O)N(Cc1cccc(N)c1)C1CC1. The van der Waals surface area contributed by atoms with E-state index in [0.717, 1.165) is 24.1 Å². The van der Waals surface area contributed by atoms with E-state index < -0.39 is 0 Å². The van der Waals surface area contributed by atoms with Gasteiger partial charge in [0.25, 0.3) is 5.91 Å². The molecule has 2 aromatic rings. The zero-order valence-electron chi connectivity index (χ0n) is 11.5. The molecule has 1 amide bonds. The van der Waals surface area contributed by atoms with E-state index in [1.807, 2.05) is 36.1 Å². The Morgan fingerprint density at radius 2 is 2.20 bits per heavy atom. The minimum atomic E-state index is 0.0428. The number of furan rings is 1.